The van der Waals surface area contributed by atoms with Crippen molar-refractivity contribution in [1.82, 2.24) is 4.90 Å². The van der Waals surface area contributed by atoms with E-state index in [-0.39, 0.29) is 5.54 Å². The van der Waals surface area contributed by atoms with Crippen molar-refractivity contribution in [3.05, 3.63) is 6.54 Å². The Hall–Kier alpha value is -0.0800. The molecular weight excluding hydrogens is 124 g/mol. The average Bonchev–Trinajstić information content (AvgIpc) is 1.88. The maximum absolute atomic E-state index is 5.95. The molecule has 1 heterocycles. The lowest BCUT2D eigenvalue weighted by Gasteiger charge is -2.35. The molecule has 2 heteroatoms. The summed E-state index contributed by atoms with van der Waals surface area (Å²) in [5.41, 5.74) is 6.05. The highest BCUT2D eigenvalue weighted by Gasteiger charge is 2.24. The summed E-state index contributed by atoms with van der Waals surface area (Å²) in [4.78, 5) is 2.33. The fraction of sp³-hybridized carbons (Fsp3) is 0.875. The fourth-order valence-corrected chi connectivity index (χ4v) is 1.29. The molecule has 0 bridgehead atoms. The third-order valence-electron chi connectivity index (χ3n) is 2.31. The lowest BCUT2D eigenvalue weighted by molar-refractivity contribution is 0.206. The van der Waals surface area contributed by atoms with Crippen molar-refractivity contribution in [2.75, 3.05) is 13.1 Å². The lowest BCUT2D eigenvalue weighted by Crippen LogP contribution is -2.47. The summed E-state index contributed by atoms with van der Waals surface area (Å²) in [6.07, 6.45) is 2.24. The SMILES string of the molecule is C[CH]N1CCC(C)(N)CC1. The van der Waals surface area contributed by atoms with E-state index in [1.165, 1.54) is 0 Å². The lowest BCUT2D eigenvalue weighted by atomic mass is 9.91. The van der Waals surface area contributed by atoms with Gasteiger partial charge in [-0.05, 0) is 26.7 Å². The zero-order chi connectivity index (χ0) is 7.61. The molecule has 0 saturated carbocycles. The molecule has 1 saturated heterocycles. The van der Waals surface area contributed by atoms with Gasteiger partial charge in [0.1, 0.15) is 0 Å². The molecule has 10 heavy (non-hydrogen) atoms. The molecule has 0 unspecified atom stereocenters. The number of hydrogen-bond acceptors (Lipinski definition) is 2. The van der Waals surface area contributed by atoms with E-state index in [9.17, 15) is 0 Å². The Bertz CT molecular complexity index is 99.8. The maximum Gasteiger partial charge on any atom is 0.0220 e. The van der Waals surface area contributed by atoms with E-state index in [4.69, 9.17) is 5.73 Å². The van der Waals surface area contributed by atoms with Crippen LogP contribution in [0, 0.1) is 6.54 Å². The monoisotopic (exact) mass is 141 g/mol. The second-order valence-electron chi connectivity index (χ2n) is 3.45. The van der Waals surface area contributed by atoms with Crippen LogP contribution < -0.4 is 5.73 Å². The number of likely N-dealkylation sites (tertiary alicyclic amines) is 1. The van der Waals surface area contributed by atoms with E-state index in [0.29, 0.717) is 0 Å². The van der Waals surface area contributed by atoms with E-state index in [0.717, 1.165) is 25.9 Å². The van der Waals surface area contributed by atoms with Gasteiger partial charge in [-0.3, -0.25) is 4.90 Å². The predicted molar refractivity (Wildman–Crippen MR) is 43.4 cm³/mol. The highest BCUT2D eigenvalue weighted by molar-refractivity contribution is 4.86. The topological polar surface area (TPSA) is 29.3 Å². The predicted octanol–water partition coefficient (Wildman–Crippen LogP) is 0.981. The average molecular weight is 141 g/mol. The van der Waals surface area contributed by atoms with Gasteiger partial charge in [0.05, 0.1) is 0 Å². The van der Waals surface area contributed by atoms with Crippen LogP contribution >= 0.6 is 0 Å². The Morgan fingerprint density at radius 1 is 1.40 bits per heavy atom. The van der Waals surface area contributed by atoms with Crippen LogP contribution in [-0.4, -0.2) is 23.5 Å². The van der Waals surface area contributed by atoms with Crippen molar-refractivity contribution in [2.45, 2.75) is 32.2 Å². The van der Waals surface area contributed by atoms with Crippen molar-refractivity contribution in [3.63, 3.8) is 0 Å². The Morgan fingerprint density at radius 2 is 1.90 bits per heavy atom. The van der Waals surface area contributed by atoms with Gasteiger partial charge in [0.2, 0.25) is 0 Å². The second kappa shape index (κ2) is 2.89. The first-order valence-electron chi connectivity index (χ1n) is 3.96. The Morgan fingerprint density at radius 3 is 2.30 bits per heavy atom. The highest BCUT2D eigenvalue weighted by Crippen LogP contribution is 2.18. The molecule has 2 nitrogen and oxygen atoms in total. The summed E-state index contributed by atoms with van der Waals surface area (Å²) < 4.78 is 0. The van der Waals surface area contributed by atoms with Crippen LogP contribution in [0.2, 0.25) is 0 Å². The first-order valence-corrected chi connectivity index (χ1v) is 3.96. The first kappa shape index (κ1) is 8.02. The van der Waals surface area contributed by atoms with Crippen LogP contribution in [-0.2, 0) is 0 Å². The molecule has 1 aliphatic rings. The zero-order valence-electron chi connectivity index (χ0n) is 6.93. The minimum absolute atomic E-state index is 0.0967. The summed E-state index contributed by atoms with van der Waals surface area (Å²) >= 11 is 0. The van der Waals surface area contributed by atoms with Crippen molar-refractivity contribution in [3.8, 4) is 0 Å². The van der Waals surface area contributed by atoms with Gasteiger partial charge < -0.3 is 5.73 Å². The van der Waals surface area contributed by atoms with Crippen LogP contribution in [0.15, 0.2) is 0 Å². The minimum atomic E-state index is 0.0967. The normalized spacial score (nSPS) is 26.7. The fourth-order valence-electron chi connectivity index (χ4n) is 1.29. The number of piperidine rings is 1. The largest absolute Gasteiger partial charge is 0.325 e. The van der Waals surface area contributed by atoms with Crippen LogP contribution in [0.5, 0.6) is 0 Å². The van der Waals surface area contributed by atoms with Gasteiger partial charge in [-0.15, -0.1) is 0 Å². The highest BCUT2D eigenvalue weighted by atomic mass is 15.1. The van der Waals surface area contributed by atoms with Gasteiger partial charge in [-0.1, -0.05) is 0 Å². The standard InChI is InChI=1S/C8H17N2/c1-3-10-6-4-8(2,9)5-7-10/h3H,4-7,9H2,1-2H3. The van der Waals surface area contributed by atoms with Crippen LogP contribution in [0.1, 0.15) is 26.7 Å². The third-order valence-corrected chi connectivity index (χ3v) is 2.31. The molecule has 2 N–H and O–H groups in total. The van der Waals surface area contributed by atoms with Crippen molar-refractivity contribution >= 4 is 0 Å². The molecule has 0 aromatic heterocycles. The van der Waals surface area contributed by atoms with Gasteiger partial charge in [0.25, 0.3) is 0 Å². The molecule has 0 spiro atoms. The van der Waals surface area contributed by atoms with Gasteiger partial charge in [-0.2, -0.15) is 0 Å². The second-order valence-corrected chi connectivity index (χ2v) is 3.45. The molecule has 1 rings (SSSR count). The summed E-state index contributed by atoms with van der Waals surface area (Å²) in [5.74, 6) is 0. The Labute approximate surface area is 63.4 Å². The van der Waals surface area contributed by atoms with Crippen molar-refractivity contribution < 1.29 is 0 Å². The Balaban J connectivity index is 2.31. The van der Waals surface area contributed by atoms with Gasteiger partial charge >= 0.3 is 0 Å². The number of hydrogen-bond donors (Lipinski definition) is 1. The number of rotatable bonds is 1. The van der Waals surface area contributed by atoms with E-state index in [1.54, 1.807) is 0 Å². The molecule has 0 aromatic rings. The quantitative estimate of drug-likeness (QED) is 0.590. The van der Waals surface area contributed by atoms with Gasteiger partial charge in [-0.25, -0.2) is 0 Å². The Kier molecular flexibility index (Phi) is 2.32. The summed E-state index contributed by atoms with van der Waals surface area (Å²) in [5, 5.41) is 0. The van der Waals surface area contributed by atoms with Gasteiger partial charge in [0, 0.05) is 25.2 Å². The molecule has 0 aromatic carbocycles. The van der Waals surface area contributed by atoms with Crippen molar-refractivity contribution in [1.29, 1.82) is 0 Å². The van der Waals surface area contributed by atoms with E-state index in [2.05, 4.69) is 25.3 Å². The molecule has 59 valence electrons. The summed E-state index contributed by atoms with van der Waals surface area (Å²) in [7, 11) is 0. The molecule has 1 fully saturated rings. The minimum Gasteiger partial charge on any atom is -0.325 e. The van der Waals surface area contributed by atoms with Crippen LogP contribution in [0.4, 0.5) is 0 Å². The number of nitrogens with two attached hydrogens (primary N) is 1. The van der Waals surface area contributed by atoms with Crippen LogP contribution in [0.3, 0.4) is 0 Å². The van der Waals surface area contributed by atoms with Gasteiger partial charge in [0.15, 0.2) is 0 Å². The first-order chi connectivity index (χ1) is 4.64. The smallest absolute Gasteiger partial charge is 0.0220 e. The van der Waals surface area contributed by atoms with E-state index < -0.39 is 0 Å². The third kappa shape index (κ3) is 1.96. The molecule has 0 aliphatic carbocycles. The number of nitrogens with zero attached hydrogens (tertiary/aromatic N) is 1. The maximum atomic E-state index is 5.95. The summed E-state index contributed by atoms with van der Waals surface area (Å²) in [6.45, 7) is 8.63. The summed E-state index contributed by atoms with van der Waals surface area (Å²) in [6, 6.07) is 0. The molecule has 1 aliphatic heterocycles. The van der Waals surface area contributed by atoms with Crippen LogP contribution in [0.25, 0.3) is 0 Å². The van der Waals surface area contributed by atoms with Crippen molar-refractivity contribution in [2.24, 2.45) is 5.73 Å². The molecule has 1 radical (unpaired) electrons. The molecule has 0 atom stereocenters. The molecular formula is C8H17N2. The van der Waals surface area contributed by atoms with E-state index in [1.807, 2.05) is 0 Å². The molecule has 0 amide bonds. The van der Waals surface area contributed by atoms with E-state index >= 15 is 0 Å². The zero-order valence-corrected chi connectivity index (χ0v) is 6.93.